The quantitative estimate of drug-likeness (QED) is 0.555. The number of alkyl halides is 3. The zero-order valence-electron chi connectivity index (χ0n) is 17.2. The fourth-order valence-corrected chi connectivity index (χ4v) is 2.98. The lowest BCUT2D eigenvalue weighted by Crippen LogP contribution is -2.22. The number of halogens is 4. The van der Waals surface area contributed by atoms with Crippen LogP contribution in [0.5, 0.6) is 0 Å². The molecule has 0 spiro atoms. The molecule has 0 atom stereocenters. The van der Waals surface area contributed by atoms with Crippen molar-refractivity contribution in [3.8, 4) is 11.1 Å². The first-order chi connectivity index (χ1) is 13.8. The molecule has 2 heterocycles. The Kier molecular flexibility index (Phi) is 7.02. The van der Waals surface area contributed by atoms with Crippen LogP contribution in [-0.4, -0.2) is 26.1 Å². The predicted octanol–water partition coefficient (Wildman–Crippen LogP) is 5.59. The highest BCUT2D eigenvalue weighted by Crippen LogP contribution is 2.34. The predicted molar refractivity (Wildman–Crippen MR) is 107 cm³/mol. The minimum Gasteiger partial charge on any atom is -0.390 e. The number of fused-ring (bicyclic) bond motifs is 1. The Labute approximate surface area is 172 Å². The molecule has 0 fully saturated rings. The van der Waals surface area contributed by atoms with Crippen LogP contribution >= 0.6 is 0 Å². The van der Waals surface area contributed by atoms with Crippen molar-refractivity contribution in [3.05, 3.63) is 59.7 Å². The zero-order chi connectivity index (χ0) is 22.7. The lowest BCUT2D eigenvalue weighted by Gasteiger charge is -2.14. The fraction of sp³-hybridized carbons (Fsp3) is 0.364. The number of hydrogen-bond acceptors (Lipinski definition) is 3. The van der Waals surface area contributed by atoms with E-state index in [9.17, 15) is 22.4 Å². The van der Waals surface area contributed by atoms with Crippen LogP contribution in [0, 0.1) is 12.7 Å². The molecule has 30 heavy (non-hydrogen) atoms. The molecule has 1 aromatic carbocycles. The van der Waals surface area contributed by atoms with Crippen LogP contribution in [0.1, 0.15) is 45.0 Å². The summed E-state index contributed by atoms with van der Waals surface area (Å²) in [7, 11) is 0. The second-order valence-corrected chi connectivity index (χ2v) is 7.55. The van der Waals surface area contributed by atoms with E-state index in [1.165, 1.54) is 30.3 Å². The summed E-state index contributed by atoms with van der Waals surface area (Å²) in [6.45, 7) is 6.71. The number of pyridine rings is 1. The summed E-state index contributed by atoms with van der Waals surface area (Å²) in [5.74, 6) is -0.286. The van der Waals surface area contributed by atoms with E-state index in [-0.39, 0.29) is 12.2 Å². The maximum atomic E-state index is 13.0. The average molecular weight is 424 g/mol. The molecule has 0 bridgehead atoms. The Morgan fingerprint density at radius 1 is 1.10 bits per heavy atom. The molecule has 8 heteroatoms. The van der Waals surface area contributed by atoms with Crippen molar-refractivity contribution >= 4 is 11.3 Å². The number of hydrogen-bond donors (Lipinski definition) is 1. The van der Waals surface area contributed by atoms with Gasteiger partial charge in [0.1, 0.15) is 17.3 Å². The van der Waals surface area contributed by atoms with Gasteiger partial charge in [0.15, 0.2) is 0 Å². The van der Waals surface area contributed by atoms with Gasteiger partial charge in [0.2, 0.25) is 0 Å². The second-order valence-electron chi connectivity index (χ2n) is 7.55. The van der Waals surface area contributed by atoms with Crippen molar-refractivity contribution < 1.29 is 27.5 Å². The summed E-state index contributed by atoms with van der Waals surface area (Å²) >= 11 is 0. The number of rotatable bonds is 4. The maximum Gasteiger partial charge on any atom is 0.433 e. The van der Waals surface area contributed by atoms with E-state index in [4.69, 9.17) is 5.11 Å². The molecule has 2 aromatic heterocycles. The van der Waals surface area contributed by atoms with Crippen molar-refractivity contribution in [3.63, 3.8) is 0 Å². The lowest BCUT2D eigenvalue weighted by atomic mass is 10.0. The number of aliphatic hydroxyl groups is 1. The third kappa shape index (κ3) is 5.89. The largest absolute Gasteiger partial charge is 0.433 e. The van der Waals surface area contributed by atoms with Crippen LogP contribution in [-0.2, 0) is 11.0 Å². The van der Waals surface area contributed by atoms with Crippen molar-refractivity contribution in [1.29, 1.82) is 0 Å². The number of carbonyl (C=O) groups is 1. The van der Waals surface area contributed by atoms with Crippen LogP contribution < -0.4 is 0 Å². The van der Waals surface area contributed by atoms with Crippen molar-refractivity contribution in [2.24, 2.45) is 0 Å². The molecular formula is C22H24F4N2O2. The molecule has 0 aliphatic heterocycles. The van der Waals surface area contributed by atoms with E-state index in [1.807, 2.05) is 0 Å². The molecule has 3 rings (SSSR count). The Morgan fingerprint density at radius 3 is 2.17 bits per heavy atom. The molecular weight excluding hydrogens is 400 g/mol. The van der Waals surface area contributed by atoms with Gasteiger partial charge < -0.3 is 5.11 Å². The highest BCUT2D eigenvalue weighted by Gasteiger charge is 2.34. The van der Waals surface area contributed by atoms with E-state index in [2.05, 4.69) is 5.10 Å². The summed E-state index contributed by atoms with van der Waals surface area (Å²) in [5.41, 5.74) is 0.334. The fourth-order valence-electron chi connectivity index (χ4n) is 2.98. The van der Waals surface area contributed by atoms with Crippen molar-refractivity contribution in [2.75, 3.05) is 0 Å². The van der Waals surface area contributed by atoms with Crippen LogP contribution in [0.4, 0.5) is 17.6 Å². The number of benzene rings is 1. The van der Waals surface area contributed by atoms with Gasteiger partial charge in [-0.15, -0.1) is 0 Å². The first-order valence-corrected chi connectivity index (χ1v) is 9.39. The molecule has 0 amide bonds. The van der Waals surface area contributed by atoms with Crippen LogP contribution in [0.2, 0.25) is 0 Å². The van der Waals surface area contributed by atoms with Gasteiger partial charge in [-0.1, -0.05) is 25.1 Å². The number of aryl methyl sites for hydroxylation is 1. The summed E-state index contributed by atoms with van der Waals surface area (Å²) < 4.78 is 52.9. The number of carbonyl (C=O) groups excluding carboxylic acids is 1. The number of aromatic nitrogens is 2. The first kappa shape index (κ1) is 23.5. The van der Waals surface area contributed by atoms with Crippen molar-refractivity contribution in [1.82, 2.24) is 9.61 Å². The topological polar surface area (TPSA) is 54.6 Å². The summed E-state index contributed by atoms with van der Waals surface area (Å²) in [6, 6.07) is 9.48. The van der Waals surface area contributed by atoms with Gasteiger partial charge in [-0.2, -0.15) is 18.3 Å². The number of Topliss-reactive ketones (excluding diaryl/α,β-unsaturated/α-hetero) is 1. The first-order valence-electron chi connectivity index (χ1n) is 9.39. The van der Waals surface area contributed by atoms with E-state index < -0.39 is 23.3 Å². The summed E-state index contributed by atoms with van der Waals surface area (Å²) in [6.07, 6.45) is -3.70. The van der Waals surface area contributed by atoms with Gasteiger partial charge in [-0.05, 0) is 50.6 Å². The maximum absolute atomic E-state index is 13.0. The monoisotopic (exact) mass is 424 g/mol. The number of nitrogens with zero attached hydrogens (tertiary/aromatic N) is 2. The standard InChI is InChI=1S/C15H10F4N2.C7H14O2/c1-9-14(10-5-7-11(16)8-6-10)12-3-2-4-13(15(17,18)19)21(12)20-9;1-4-6(8)5-7(2,3)9/h2-8H,1H3;9H,4-5H2,1-3H3. The Bertz CT molecular complexity index is 1020. The average Bonchev–Trinajstić information content (AvgIpc) is 2.96. The van der Waals surface area contributed by atoms with Crippen molar-refractivity contribution in [2.45, 2.75) is 52.3 Å². The molecule has 0 saturated heterocycles. The third-order valence-electron chi connectivity index (χ3n) is 4.28. The van der Waals surface area contributed by atoms with Crippen LogP contribution in [0.3, 0.4) is 0 Å². The van der Waals surface area contributed by atoms with Gasteiger partial charge in [0.25, 0.3) is 0 Å². The van der Waals surface area contributed by atoms with E-state index >= 15 is 0 Å². The highest BCUT2D eigenvalue weighted by atomic mass is 19.4. The minimum absolute atomic E-state index is 0.113. The molecule has 1 N–H and O–H groups in total. The molecule has 3 aromatic rings. The highest BCUT2D eigenvalue weighted by molar-refractivity contribution is 5.82. The molecule has 162 valence electrons. The third-order valence-corrected chi connectivity index (χ3v) is 4.28. The zero-order valence-corrected chi connectivity index (χ0v) is 17.2. The van der Waals surface area contributed by atoms with E-state index in [1.54, 1.807) is 33.8 Å². The Morgan fingerprint density at radius 2 is 1.70 bits per heavy atom. The summed E-state index contributed by atoms with van der Waals surface area (Å²) in [5, 5.41) is 13.1. The normalized spacial score (nSPS) is 11.9. The van der Waals surface area contributed by atoms with Gasteiger partial charge in [0.05, 0.1) is 16.8 Å². The Balaban J connectivity index is 0.000000303. The SMILES string of the molecule is CCC(=O)CC(C)(C)O.Cc1nn2c(C(F)(F)F)cccc2c1-c1ccc(F)cc1. The number of ketones is 1. The van der Waals surface area contributed by atoms with E-state index in [0.717, 1.165) is 10.6 Å². The van der Waals surface area contributed by atoms with Gasteiger partial charge in [0, 0.05) is 18.4 Å². The lowest BCUT2D eigenvalue weighted by molar-refractivity contribution is -0.142. The van der Waals surface area contributed by atoms with E-state index in [0.29, 0.717) is 28.8 Å². The molecule has 0 saturated carbocycles. The Hall–Kier alpha value is -2.74. The summed E-state index contributed by atoms with van der Waals surface area (Å²) in [4.78, 5) is 10.7. The van der Waals surface area contributed by atoms with Gasteiger partial charge in [-0.25, -0.2) is 8.91 Å². The molecule has 4 nitrogen and oxygen atoms in total. The van der Waals surface area contributed by atoms with Gasteiger partial charge >= 0.3 is 6.18 Å². The van der Waals surface area contributed by atoms with Gasteiger partial charge in [-0.3, -0.25) is 4.79 Å². The second kappa shape index (κ2) is 8.95. The molecule has 0 radical (unpaired) electrons. The van der Waals surface area contributed by atoms with Crippen LogP contribution in [0.25, 0.3) is 16.6 Å². The molecule has 0 aliphatic rings. The smallest absolute Gasteiger partial charge is 0.390 e. The molecule has 0 unspecified atom stereocenters. The van der Waals surface area contributed by atoms with Crippen LogP contribution in [0.15, 0.2) is 42.5 Å². The minimum atomic E-state index is -4.49. The molecule has 0 aliphatic carbocycles.